The highest BCUT2D eigenvalue weighted by Gasteiger charge is 2.17. The Balaban J connectivity index is 2.03. The van der Waals surface area contributed by atoms with Gasteiger partial charge in [-0.05, 0) is 47.9 Å². The second-order valence-electron chi connectivity index (χ2n) is 3.51. The van der Waals surface area contributed by atoms with E-state index in [1.807, 2.05) is 0 Å². The van der Waals surface area contributed by atoms with Crippen molar-refractivity contribution in [2.24, 2.45) is 0 Å². The monoisotopic (exact) mass is 274 g/mol. The van der Waals surface area contributed by atoms with Crippen LogP contribution in [0.4, 0.5) is 4.39 Å². The normalized spacial score (nSPS) is 17.7. The Hall–Kier alpha value is -0.680. The van der Waals surface area contributed by atoms with E-state index in [1.54, 1.807) is 6.20 Å². The summed E-state index contributed by atoms with van der Waals surface area (Å²) in [7, 11) is 0. The number of piperidine rings is 1. The number of aromatic nitrogens is 1. The quantitative estimate of drug-likeness (QED) is 0.897. The number of hydrogen-bond acceptors (Lipinski definition) is 3. The first kappa shape index (κ1) is 10.8. The van der Waals surface area contributed by atoms with Crippen LogP contribution in [0.3, 0.4) is 0 Å². The Morgan fingerprint density at radius 1 is 1.47 bits per heavy atom. The molecule has 0 saturated carbocycles. The lowest BCUT2D eigenvalue weighted by atomic mass is 10.1. The molecule has 0 radical (unpaired) electrons. The van der Waals surface area contributed by atoms with Crippen LogP contribution in [-0.4, -0.2) is 24.2 Å². The van der Waals surface area contributed by atoms with Crippen molar-refractivity contribution in [2.45, 2.75) is 18.9 Å². The minimum absolute atomic E-state index is 0.0782. The number of nitrogens with zero attached hydrogens (tertiary/aromatic N) is 1. The van der Waals surface area contributed by atoms with Gasteiger partial charge < -0.3 is 10.1 Å². The minimum Gasteiger partial charge on any atom is -0.472 e. The predicted octanol–water partition coefficient (Wildman–Crippen LogP) is 2.11. The van der Waals surface area contributed by atoms with Crippen molar-refractivity contribution in [2.75, 3.05) is 13.1 Å². The summed E-state index contributed by atoms with van der Waals surface area (Å²) in [6, 6.07) is 1.36. The average molecular weight is 275 g/mol. The summed E-state index contributed by atoms with van der Waals surface area (Å²) in [6.07, 6.45) is 3.42. The van der Waals surface area contributed by atoms with Gasteiger partial charge in [-0.25, -0.2) is 9.37 Å². The van der Waals surface area contributed by atoms with Crippen molar-refractivity contribution in [1.29, 1.82) is 0 Å². The van der Waals surface area contributed by atoms with Crippen molar-refractivity contribution < 1.29 is 9.13 Å². The third-order valence-electron chi connectivity index (χ3n) is 2.34. The molecule has 1 aromatic heterocycles. The van der Waals surface area contributed by atoms with Gasteiger partial charge in [0.25, 0.3) is 5.88 Å². The molecule has 0 aliphatic carbocycles. The summed E-state index contributed by atoms with van der Waals surface area (Å²) in [5, 5.41) is 3.22. The maximum atomic E-state index is 13.4. The van der Waals surface area contributed by atoms with Gasteiger partial charge in [-0.1, -0.05) is 0 Å². The standard InChI is InChI=1S/C10H12BrFN2O/c11-7-5-9(12)10(14-6-7)15-8-1-3-13-4-2-8/h5-6,8,13H,1-4H2. The van der Waals surface area contributed by atoms with E-state index in [0.29, 0.717) is 4.47 Å². The van der Waals surface area contributed by atoms with Gasteiger partial charge in [-0.3, -0.25) is 0 Å². The fraction of sp³-hybridized carbons (Fsp3) is 0.500. The van der Waals surface area contributed by atoms with Crippen LogP contribution in [0.15, 0.2) is 16.7 Å². The second kappa shape index (κ2) is 4.90. The molecule has 0 amide bonds. The smallest absolute Gasteiger partial charge is 0.250 e. The van der Waals surface area contributed by atoms with E-state index in [0.717, 1.165) is 25.9 Å². The summed E-state index contributed by atoms with van der Waals surface area (Å²) < 4.78 is 19.5. The number of halogens is 2. The zero-order chi connectivity index (χ0) is 10.7. The van der Waals surface area contributed by atoms with E-state index >= 15 is 0 Å². The van der Waals surface area contributed by atoms with Gasteiger partial charge in [0.15, 0.2) is 5.82 Å². The van der Waals surface area contributed by atoms with Crippen LogP contribution >= 0.6 is 15.9 Å². The van der Waals surface area contributed by atoms with Crippen LogP contribution in [0.25, 0.3) is 0 Å². The molecule has 0 aromatic carbocycles. The molecule has 2 heterocycles. The Morgan fingerprint density at radius 3 is 2.87 bits per heavy atom. The van der Waals surface area contributed by atoms with Crippen molar-refractivity contribution in [1.82, 2.24) is 10.3 Å². The van der Waals surface area contributed by atoms with Crippen LogP contribution in [0, 0.1) is 5.82 Å². The van der Waals surface area contributed by atoms with Crippen LogP contribution in [0.2, 0.25) is 0 Å². The fourth-order valence-electron chi connectivity index (χ4n) is 1.56. The minimum atomic E-state index is -0.414. The molecule has 1 aliphatic heterocycles. The predicted molar refractivity (Wildman–Crippen MR) is 58.4 cm³/mol. The molecule has 1 N–H and O–H groups in total. The van der Waals surface area contributed by atoms with Gasteiger partial charge in [-0.2, -0.15) is 0 Å². The molecule has 1 aromatic rings. The first-order valence-corrected chi connectivity index (χ1v) is 5.73. The molecule has 82 valence electrons. The molecule has 1 aliphatic rings. The summed E-state index contributed by atoms with van der Waals surface area (Å²) in [5.74, 6) is -0.312. The van der Waals surface area contributed by atoms with Crippen LogP contribution < -0.4 is 10.1 Å². The number of hydrogen-bond donors (Lipinski definition) is 1. The lowest BCUT2D eigenvalue weighted by molar-refractivity contribution is 0.149. The van der Waals surface area contributed by atoms with Gasteiger partial charge in [0.2, 0.25) is 0 Å². The number of rotatable bonds is 2. The third-order valence-corrected chi connectivity index (χ3v) is 2.77. The van der Waals surface area contributed by atoms with Gasteiger partial charge in [0, 0.05) is 10.7 Å². The molecular formula is C10H12BrFN2O. The molecule has 0 spiro atoms. The van der Waals surface area contributed by atoms with E-state index in [1.165, 1.54) is 6.07 Å². The van der Waals surface area contributed by atoms with Crippen molar-refractivity contribution in [3.8, 4) is 5.88 Å². The SMILES string of the molecule is Fc1cc(Br)cnc1OC1CCNCC1. The maximum Gasteiger partial charge on any atom is 0.250 e. The Bertz CT molecular complexity index is 342. The van der Waals surface area contributed by atoms with Crippen LogP contribution in [-0.2, 0) is 0 Å². The highest BCUT2D eigenvalue weighted by Crippen LogP contribution is 2.20. The first-order valence-electron chi connectivity index (χ1n) is 4.94. The Labute approximate surface area is 96.2 Å². The number of nitrogens with one attached hydrogen (secondary N) is 1. The Morgan fingerprint density at radius 2 is 2.20 bits per heavy atom. The summed E-state index contributed by atoms with van der Waals surface area (Å²) >= 11 is 3.15. The molecule has 0 bridgehead atoms. The van der Waals surface area contributed by atoms with Crippen molar-refractivity contribution in [3.05, 3.63) is 22.6 Å². The lowest BCUT2D eigenvalue weighted by Gasteiger charge is -2.23. The van der Waals surface area contributed by atoms with Crippen molar-refractivity contribution in [3.63, 3.8) is 0 Å². The highest BCUT2D eigenvalue weighted by atomic mass is 79.9. The van der Waals surface area contributed by atoms with E-state index in [9.17, 15) is 4.39 Å². The zero-order valence-electron chi connectivity index (χ0n) is 8.17. The largest absolute Gasteiger partial charge is 0.472 e. The number of ether oxygens (including phenoxy) is 1. The maximum absolute atomic E-state index is 13.4. The summed E-state index contributed by atoms with van der Waals surface area (Å²) in [4.78, 5) is 3.91. The molecule has 5 heteroatoms. The Kier molecular flexibility index (Phi) is 3.53. The third kappa shape index (κ3) is 2.89. The highest BCUT2D eigenvalue weighted by molar-refractivity contribution is 9.10. The van der Waals surface area contributed by atoms with E-state index < -0.39 is 5.82 Å². The van der Waals surface area contributed by atoms with E-state index in [4.69, 9.17) is 4.74 Å². The lowest BCUT2D eigenvalue weighted by Crippen LogP contribution is -2.34. The van der Waals surface area contributed by atoms with Crippen LogP contribution in [0.1, 0.15) is 12.8 Å². The molecule has 15 heavy (non-hydrogen) atoms. The zero-order valence-corrected chi connectivity index (χ0v) is 9.76. The summed E-state index contributed by atoms with van der Waals surface area (Å²) in [5.41, 5.74) is 0. The van der Waals surface area contributed by atoms with Gasteiger partial charge in [-0.15, -0.1) is 0 Å². The molecule has 2 rings (SSSR count). The van der Waals surface area contributed by atoms with E-state index in [-0.39, 0.29) is 12.0 Å². The second-order valence-corrected chi connectivity index (χ2v) is 4.42. The van der Waals surface area contributed by atoms with Gasteiger partial charge in [0.1, 0.15) is 6.10 Å². The molecule has 3 nitrogen and oxygen atoms in total. The molecule has 0 unspecified atom stereocenters. The number of pyridine rings is 1. The fourth-order valence-corrected chi connectivity index (χ4v) is 1.86. The molecule has 1 saturated heterocycles. The topological polar surface area (TPSA) is 34.1 Å². The first-order chi connectivity index (χ1) is 7.25. The molecular weight excluding hydrogens is 263 g/mol. The van der Waals surface area contributed by atoms with Gasteiger partial charge in [0.05, 0.1) is 0 Å². The molecule has 0 atom stereocenters. The average Bonchev–Trinajstić information content (AvgIpc) is 2.24. The van der Waals surface area contributed by atoms with E-state index in [2.05, 4.69) is 26.2 Å². The summed E-state index contributed by atoms with van der Waals surface area (Å²) in [6.45, 7) is 1.84. The molecule has 1 fully saturated rings. The van der Waals surface area contributed by atoms with Crippen LogP contribution in [0.5, 0.6) is 5.88 Å². The van der Waals surface area contributed by atoms with Gasteiger partial charge >= 0.3 is 0 Å². The van der Waals surface area contributed by atoms with Crippen molar-refractivity contribution >= 4 is 15.9 Å².